The van der Waals surface area contributed by atoms with Crippen molar-refractivity contribution in [1.82, 2.24) is 0 Å². The first-order valence-corrected chi connectivity index (χ1v) is 6.13. The topological polar surface area (TPSA) is 38.8 Å². The van der Waals surface area contributed by atoms with Gasteiger partial charge in [0, 0.05) is 5.92 Å². The average molecular weight is 210 g/mol. The highest BCUT2D eigenvalue weighted by molar-refractivity contribution is 5.74. The van der Waals surface area contributed by atoms with Crippen molar-refractivity contribution >= 4 is 5.97 Å². The molecule has 3 nitrogen and oxygen atoms in total. The zero-order chi connectivity index (χ0) is 10.4. The summed E-state index contributed by atoms with van der Waals surface area (Å²) in [6.45, 7) is 2.70. The van der Waals surface area contributed by atoms with Gasteiger partial charge in [-0.25, -0.2) is 0 Å². The highest BCUT2D eigenvalue weighted by Crippen LogP contribution is 2.58. The van der Waals surface area contributed by atoms with Gasteiger partial charge in [0.25, 0.3) is 0 Å². The summed E-state index contributed by atoms with van der Waals surface area (Å²) in [6, 6.07) is 0. The van der Waals surface area contributed by atoms with Gasteiger partial charge in [0.2, 0.25) is 0 Å². The van der Waals surface area contributed by atoms with Crippen LogP contribution in [0.2, 0.25) is 0 Å². The molecule has 1 heterocycles. The van der Waals surface area contributed by atoms with E-state index in [-0.39, 0.29) is 11.9 Å². The SMILES string of the molecule is CCCCOC(=O)[C@@H]1C[C@H]2C[C@H]1[C@H]1O[C@@H]21. The molecular weight excluding hydrogens is 192 g/mol. The van der Waals surface area contributed by atoms with Crippen LogP contribution in [0.25, 0.3) is 0 Å². The lowest BCUT2D eigenvalue weighted by Crippen LogP contribution is -2.27. The molecule has 15 heavy (non-hydrogen) atoms. The van der Waals surface area contributed by atoms with Gasteiger partial charge in [-0.05, 0) is 25.2 Å². The minimum Gasteiger partial charge on any atom is -0.465 e. The Morgan fingerprint density at radius 1 is 1.40 bits per heavy atom. The van der Waals surface area contributed by atoms with Gasteiger partial charge in [-0.1, -0.05) is 13.3 Å². The number of hydrogen-bond donors (Lipinski definition) is 0. The van der Waals surface area contributed by atoms with E-state index in [4.69, 9.17) is 9.47 Å². The van der Waals surface area contributed by atoms with Crippen LogP contribution in [0.15, 0.2) is 0 Å². The van der Waals surface area contributed by atoms with Crippen LogP contribution in [-0.2, 0) is 14.3 Å². The number of esters is 1. The van der Waals surface area contributed by atoms with Gasteiger partial charge in [-0.2, -0.15) is 0 Å². The minimum atomic E-state index is 0.0323. The van der Waals surface area contributed by atoms with Crippen LogP contribution in [0.5, 0.6) is 0 Å². The van der Waals surface area contributed by atoms with Crippen molar-refractivity contribution in [3.05, 3.63) is 0 Å². The molecule has 2 saturated carbocycles. The fourth-order valence-electron chi connectivity index (χ4n) is 3.30. The van der Waals surface area contributed by atoms with Crippen LogP contribution in [0.3, 0.4) is 0 Å². The van der Waals surface area contributed by atoms with Crippen molar-refractivity contribution in [2.75, 3.05) is 6.61 Å². The second-order valence-corrected chi connectivity index (χ2v) is 5.09. The predicted molar refractivity (Wildman–Crippen MR) is 54.2 cm³/mol. The summed E-state index contributed by atoms with van der Waals surface area (Å²) in [5.74, 6) is 1.32. The standard InChI is InChI=1S/C12H18O3/c1-2-3-4-14-12(13)9-6-7-5-8(9)11-10(7)15-11/h7-11H,2-6H2,1H3/t7-,8-,9-,10+,11-/m1/s1. The maximum absolute atomic E-state index is 11.8. The quantitative estimate of drug-likeness (QED) is 0.403. The van der Waals surface area contributed by atoms with Gasteiger partial charge >= 0.3 is 5.97 Å². The van der Waals surface area contributed by atoms with E-state index in [0.29, 0.717) is 30.7 Å². The van der Waals surface area contributed by atoms with Crippen LogP contribution >= 0.6 is 0 Å². The molecule has 2 aliphatic carbocycles. The van der Waals surface area contributed by atoms with E-state index >= 15 is 0 Å². The van der Waals surface area contributed by atoms with Crippen molar-refractivity contribution in [2.24, 2.45) is 17.8 Å². The largest absolute Gasteiger partial charge is 0.465 e. The Labute approximate surface area is 90.1 Å². The Bertz CT molecular complexity index is 276. The van der Waals surface area contributed by atoms with Crippen molar-refractivity contribution in [3.63, 3.8) is 0 Å². The second kappa shape index (κ2) is 3.48. The highest BCUT2D eigenvalue weighted by Gasteiger charge is 2.64. The zero-order valence-electron chi connectivity index (χ0n) is 9.15. The Hall–Kier alpha value is -0.570. The van der Waals surface area contributed by atoms with E-state index in [1.165, 1.54) is 6.42 Å². The van der Waals surface area contributed by atoms with Crippen molar-refractivity contribution in [2.45, 2.75) is 44.8 Å². The summed E-state index contributed by atoms with van der Waals surface area (Å²) in [6.07, 6.45) is 5.19. The molecule has 0 aromatic carbocycles. The summed E-state index contributed by atoms with van der Waals surface area (Å²) < 4.78 is 10.8. The zero-order valence-corrected chi connectivity index (χ0v) is 9.15. The Morgan fingerprint density at radius 3 is 2.93 bits per heavy atom. The molecule has 3 aliphatic rings. The molecule has 3 rings (SSSR count). The van der Waals surface area contributed by atoms with Gasteiger partial charge in [-0.3, -0.25) is 4.79 Å². The first-order chi connectivity index (χ1) is 7.31. The maximum Gasteiger partial charge on any atom is 0.309 e. The monoisotopic (exact) mass is 210 g/mol. The van der Waals surface area contributed by atoms with E-state index in [1.807, 2.05) is 0 Å². The molecule has 0 aromatic rings. The summed E-state index contributed by atoms with van der Waals surface area (Å²) in [5, 5.41) is 0. The Kier molecular flexibility index (Phi) is 2.23. The smallest absolute Gasteiger partial charge is 0.309 e. The van der Waals surface area contributed by atoms with Gasteiger partial charge in [-0.15, -0.1) is 0 Å². The van der Waals surface area contributed by atoms with Gasteiger partial charge in [0.05, 0.1) is 24.7 Å². The van der Waals surface area contributed by atoms with Crippen LogP contribution in [-0.4, -0.2) is 24.8 Å². The van der Waals surface area contributed by atoms with Crippen molar-refractivity contribution in [3.8, 4) is 0 Å². The number of carbonyl (C=O) groups excluding carboxylic acids is 1. The lowest BCUT2D eigenvalue weighted by atomic mass is 9.89. The molecule has 5 atom stereocenters. The lowest BCUT2D eigenvalue weighted by Gasteiger charge is -2.17. The van der Waals surface area contributed by atoms with E-state index < -0.39 is 0 Å². The molecule has 1 aliphatic heterocycles. The molecule has 0 radical (unpaired) electrons. The molecule has 0 unspecified atom stereocenters. The number of fused-ring (bicyclic) bond motifs is 5. The van der Waals surface area contributed by atoms with Gasteiger partial charge in [0.15, 0.2) is 0 Å². The predicted octanol–water partition coefficient (Wildman–Crippen LogP) is 1.75. The van der Waals surface area contributed by atoms with E-state index in [9.17, 15) is 4.79 Å². The van der Waals surface area contributed by atoms with E-state index in [0.717, 1.165) is 19.3 Å². The van der Waals surface area contributed by atoms with Crippen LogP contribution in [0, 0.1) is 17.8 Å². The van der Waals surface area contributed by atoms with Crippen molar-refractivity contribution in [1.29, 1.82) is 0 Å². The average Bonchev–Trinajstić information content (AvgIpc) is 2.84. The number of rotatable bonds is 4. The number of epoxide rings is 1. The number of carbonyl (C=O) groups is 1. The molecule has 2 bridgehead atoms. The normalized spacial score (nSPS) is 45.3. The van der Waals surface area contributed by atoms with Gasteiger partial charge in [0.1, 0.15) is 0 Å². The first kappa shape index (κ1) is 9.64. The van der Waals surface area contributed by atoms with Crippen molar-refractivity contribution < 1.29 is 14.3 Å². The maximum atomic E-state index is 11.8. The number of ether oxygens (including phenoxy) is 2. The molecule has 0 spiro atoms. The third-order valence-electron chi connectivity index (χ3n) is 4.14. The van der Waals surface area contributed by atoms with Crippen LogP contribution in [0.1, 0.15) is 32.6 Å². The Morgan fingerprint density at radius 2 is 2.27 bits per heavy atom. The number of unbranched alkanes of at least 4 members (excludes halogenated alkanes) is 1. The third kappa shape index (κ3) is 1.48. The Balaban J connectivity index is 1.53. The third-order valence-corrected chi connectivity index (χ3v) is 4.14. The molecule has 0 aromatic heterocycles. The fourth-order valence-corrected chi connectivity index (χ4v) is 3.30. The van der Waals surface area contributed by atoms with Gasteiger partial charge < -0.3 is 9.47 Å². The van der Waals surface area contributed by atoms with Crippen LogP contribution in [0.4, 0.5) is 0 Å². The minimum absolute atomic E-state index is 0.0323. The molecule has 3 heteroatoms. The lowest BCUT2D eigenvalue weighted by molar-refractivity contribution is -0.150. The summed E-state index contributed by atoms with van der Waals surface area (Å²) in [7, 11) is 0. The summed E-state index contributed by atoms with van der Waals surface area (Å²) in [5.41, 5.74) is 0. The molecule has 84 valence electrons. The molecule has 3 fully saturated rings. The first-order valence-electron chi connectivity index (χ1n) is 6.13. The summed E-state index contributed by atoms with van der Waals surface area (Å²) >= 11 is 0. The molecule has 0 N–H and O–H groups in total. The molecular formula is C12H18O3. The fraction of sp³-hybridized carbons (Fsp3) is 0.917. The second-order valence-electron chi connectivity index (χ2n) is 5.09. The highest BCUT2D eigenvalue weighted by atomic mass is 16.6. The number of hydrogen-bond acceptors (Lipinski definition) is 3. The van der Waals surface area contributed by atoms with E-state index in [1.54, 1.807) is 0 Å². The molecule has 1 saturated heterocycles. The summed E-state index contributed by atoms with van der Waals surface area (Å²) in [4.78, 5) is 11.8. The molecule has 0 amide bonds. The van der Waals surface area contributed by atoms with E-state index in [2.05, 4.69) is 6.92 Å². The van der Waals surface area contributed by atoms with Crippen LogP contribution < -0.4 is 0 Å².